The number of benzene rings is 1. The van der Waals surface area contributed by atoms with Gasteiger partial charge in [0, 0.05) is 64.5 Å². The number of hydrogen-bond acceptors (Lipinski definition) is 6. The predicted molar refractivity (Wildman–Crippen MR) is 127 cm³/mol. The van der Waals surface area contributed by atoms with Gasteiger partial charge in [-0.2, -0.15) is 4.98 Å². The fourth-order valence-corrected chi connectivity index (χ4v) is 5.39. The van der Waals surface area contributed by atoms with Gasteiger partial charge in [-0.15, -0.1) is 0 Å². The van der Waals surface area contributed by atoms with E-state index in [4.69, 9.17) is 4.98 Å². The zero-order chi connectivity index (χ0) is 21.9. The highest BCUT2D eigenvalue weighted by Gasteiger charge is 2.29. The van der Waals surface area contributed by atoms with Crippen LogP contribution in [0.3, 0.4) is 0 Å². The van der Waals surface area contributed by atoms with Crippen LogP contribution in [-0.2, 0) is 17.8 Å². The predicted octanol–water partition coefficient (Wildman–Crippen LogP) is 2.93. The molecule has 4 heterocycles. The molecule has 1 atom stereocenters. The lowest BCUT2D eigenvalue weighted by atomic mass is 9.96. The van der Waals surface area contributed by atoms with Gasteiger partial charge in [0.1, 0.15) is 5.82 Å². The Kier molecular flexibility index (Phi) is 6.26. The highest BCUT2D eigenvalue weighted by Crippen LogP contribution is 2.26. The number of carbonyl (C=O) groups is 1. The SMILES string of the molecule is CC(=O)N1CCC(Nc2ccnc(N3CCCC(N4CCc5ccccc5C4)C3)n2)CC1. The summed E-state index contributed by atoms with van der Waals surface area (Å²) in [6.45, 7) is 7.48. The van der Waals surface area contributed by atoms with E-state index < -0.39 is 0 Å². The second-order valence-corrected chi connectivity index (χ2v) is 9.40. The maximum Gasteiger partial charge on any atom is 0.227 e. The monoisotopic (exact) mass is 434 g/mol. The molecule has 5 rings (SSSR count). The number of rotatable bonds is 4. The summed E-state index contributed by atoms with van der Waals surface area (Å²) in [5.74, 6) is 1.90. The van der Waals surface area contributed by atoms with Gasteiger partial charge >= 0.3 is 0 Å². The quantitative estimate of drug-likeness (QED) is 0.798. The third-order valence-electron chi connectivity index (χ3n) is 7.29. The van der Waals surface area contributed by atoms with Crippen molar-refractivity contribution >= 4 is 17.7 Å². The van der Waals surface area contributed by atoms with E-state index in [1.165, 1.54) is 24.0 Å². The fourth-order valence-electron chi connectivity index (χ4n) is 5.39. The number of aromatic nitrogens is 2. The zero-order valence-electron chi connectivity index (χ0n) is 19.0. The number of nitrogens with one attached hydrogen (secondary N) is 1. The van der Waals surface area contributed by atoms with Gasteiger partial charge in [-0.05, 0) is 49.3 Å². The molecule has 0 radical (unpaired) electrons. The first-order valence-corrected chi connectivity index (χ1v) is 12.1. The van der Waals surface area contributed by atoms with Gasteiger partial charge in [-0.25, -0.2) is 4.98 Å². The summed E-state index contributed by atoms with van der Waals surface area (Å²) in [7, 11) is 0. The minimum Gasteiger partial charge on any atom is -0.367 e. The van der Waals surface area contributed by atoms with Crippen LogP contribution < -0.4 is 10.2 Å². The van der Waals surface area contributed by atoms with E-state index in [2.05, 4.69) is 44.4 Å². The first-order chi connectivity index (χ1) is 15.7. The number of hydrogen-bond donors (Lipinski definition) is 1. The van der Waals surface area contributed by atoms with Gasteiger partial charge in [0.25, 0.3) is 0 Å². The summed E-state index contributed by atoms with van der Waals surface area (Å²) in [6, 6.07) is 11.7. The molecule has 1 N–H and O–H groups in total. The van der Waals surface area contributed by atoms with E-state index in [0.29, 0.717) is 12.1 Å². The van der Waals surface area contributed by atoms with Crippen LogP contribution in [0, 0.1) is 0 Å². The Hall–Kier alpha value is -2.67. The molecule has 0 spiro atoms. The number of nitrogens with zero attached hydrogens (tertiary/aromatic N) is 5. The summed E-state index contributed by atoms with van der Waals surface area (Å²) in [5, 5.41) is 3.58. The Morgan fingerprint density at radius 2 is 1.84 bits per heavy atom. The molecule has 1 amide bonds. The third-order valence-corrected chi connectivity index (χ3v) is 7.29. The molecule has 2 saturated heterocycles. The molecule has 3 aliphatic rings. The molecule has 7 nitrogen and oxygen atoms in total. The van der Waals surface area contributed by atoms with Gasteiger partial charge < -0.3 is 15.1 Å². The van der Waals surface area contributed by atoms with Gasteiger partial charge in [0.15, 0.2) is 0 Å². The summed E-state index contributed by atoms with van der Waals surface area (Å²) in [5.41, 5.74) is 2.99. The standard InChI is InChI=1S/C25H34N6O/c1-19(32)29-15-10-22(11-16-29)27-24-8-12-26-25(28-24)31-13-4-7-23(18-31)30-14-9-20-5-2-3-6-21(20)17-30/h2-3,5-6,8,12,22-23H,4,7,9-11,13-18H2,1H3,(H,26,27,28). The number of anilines is 2. The van der Waals surface area contributed by atoms with Crippen LogP contribution in [0.5, 0.6) is 0 Å². The first kappa shape index (κ1) is 21.2. The molecular weight excluding hydrogens is 400 g/mol. The third kappa shape index (κ3) is 4.72. The molecule has 7 heteroatoms. The van der Waals surface area contributed by atoms with Crippen molar-refractivity contribution in [1.29, 1.82) is 0 Å². The average Bonchev–Trinajstić information content (AvgIpc) is 2.84. The van der Waals surface area contributed by atoms with E-state index in [-0.39, 0.29) is 5.91 Å². The lowest BCUT2D eigenvalue weighted by molar-refractivity contribution is -0.129. The maximum atomic E-state index is 11.6. The summed E-state index contributed by atoms with van der Waals surface area (Å²) >= 11 is 0. The topological polar surface area (TPSA) is 64.6 Å². The second kappa shape index (κ2) is 9.45. The Bertz CT molecular complexity index is 942. The zero-order valence-corrected chi connectivity index (χ0v) is 19.0. The first-order valence-electron chi connectivity index (χ1n) is 12.1. The minimum absolute atomic E-state index is 0.171. The van der Waals surface area contributed by atoms with Crippen LogP contribution in [0.4, 0.5) is 11.8 Å². The molecular formula is C25H34N6O. The van der Waals surface area contributed by atoms with Crippen molar-refractivity contribution in [3.8, 4) is 0 Å². The highest BCUT2D eigenvalue weighted by molar-refractivity contribution is 5.73. The number of carbonyl (C=O) groups excluding carboxylic acids is 1. The molecule has 1 aromatic carbocycles. The fraction of sp³-hybridized carbons (Fsp3) is 0.560. The van der Waals surface area contributed by atoms with Crippen LogP contribution in [-0.4, -0.2) is 70.5 Å². The smallest absolute Gasteiger partial charge is 0.227 e. The van der Waals surface area contributed by atoms with Crippen LogP contribution in [0.1, 0.15) is 43.7 Å². The van der Waals surface area contributed by atoms with Crippen molar-refractivity contribution in [3.63, 3.8) is 0 Å². The van der Waals surface area contributed by atoms with Gasteiger partial charge in [0.2, 0.25) is 11.9 Å². The number of piperidine rings is 2. The molecule has 2 aromatic rings. The van der Waals surface area contributed by atoms with E-state index in [9.17, 15) is 4.79 Å². The normalized spacial score (nSPS) is 22.5. The Morgan fingerprint density at radius 3 is 2.66 bits per heavy atom. The molecule has 170 valence electrons. The average molecular weight is 435 g/mol. The lowest BCUT2D eigenvalue weighted by Crippen LogP contribution is -2.50. The second-order valence-electron chi connectivity index (χ2n) is 9.40. The molecule has 0 saturated carbocycles. The van der Waals surface area contributed by atoms with Crippen LogP contribution >= 0.6 is 0 Å². The largest absolute Gasteiger partial charge is 0.367 e. The molecule has 1 aromatic heterocycles. The summed E-state index contributed by atoms with van der Waals surface area (Å²) in [4.78, 5) is 28.0. The summed E-state index contributed by atoms with van der Waals surface area (Å²) < 4.78 is 0. The van der Waals surface area contributed by atoms with Crippen LogP contribution in [0.15, 0.2) is 36.5 Å². The van der Waals surface area contributed by atoms with E-state index in [1.807, 2.05) is 17.2 Å². The Labute approximate surface area is 190 Å². The molecule has 0 bridgehead atoms. The molecule has 3 aliphatic heterocycles. The number of likely N-dealkylation sites (tertiary alicyclic amines) is 1. The van der Waals surface area contributed by atoms with E-state index in [0.717, 1.165) is 70.3 Å². The molecule has 2 fully saturated rings. The maximum absolute atomic E-state index is 11.6. The molecule has 32 heavy (non-hydrogen) atoms. The van der Waals surface area contributed by atoms with Crippen molar-refractivity contribution in [3.05, 3.63) is 47.7 Å². The van der Waals surface area contributed by atoms with Gasteiger partial charge in [-0.3, -0.25) is 9.69 Å². The van der Waals surface area contributed by atoms with Gasteiger partial charge in [-0.1, -0.05) is 24.3 Å². The van der Waals surface area contributed by atoms with Crippen molar-refractivity contribution in [2.45, 2.75) is 57.7 Å². The highest BCUT2D eigenvalue weighted by atomic mass is 16.2. The van der Waals surface area contributed by atoms with E-state index in [1.54, 1.807) is 6.92 Å². The van der Waals surface area contributed by atoms with Crippen LogP contribution in [0.25, 0.3) is 0 Å². The van der Waals surface area contributed by atoms with Crippen molar-refractivity contribution in [2.75, 3.05) is 42.9 Å². The Balaban J connectivity index is 1.20. The van der Waals surface area contributed by atoms with Gasteiger partial charge in [0.05, 0.1) is 0 Å². The van der Waals surface area contributed by atoms with Crippen LogP contribution in [0.2, 0.25) is 0 Å². The lowest BCUT2D eigenvalue weighted by Gasteiger charge is -2.41. The van der Waals surface area contributed by atoms with E-state index >= 15 is 0 Å². The molecule has 0 aliphatic carbocycles. The number of amides is 1. The van der Waals surface area contributed by atoms with Crippen molar-refractivity contribution in [2.24, 2.45) is 0 Å². The van der Waals surface area contributed by atoms with Crippen molar-refractivity contribution in [1.82, 2.24) is 19.8 Å². The molecule has 1 unspecified atom stereocenters. The number of fused-ring (bicyclic) bond motifs is 1. The van der Waals surface area contributed by atoms with Crippen molar-refractivity contribution < 1.29 is 4.79 Å². The Morgan fingerprint density at radius 1 is 1.03 bits per heavy atom. The minimum atomic E-state index is 0.171. The summed E-state index contributed by atoms with van der Waals surface area (Å²) in [6.07, 6.45) is 7.35.